The van der Waals surface area contributed by atoms with Crippen LogP contribution in [0.15, 0.2) is 23.8 Å². The second-order valence-electron chi connectivity index (χ2n) is 4.58. The van der Waals surface area contributed by atoms with Crippen molar-refractivity contribution in [3.63, 3.8) is 0 Å². The number of hydrogen-bond acceptors (Lipinski definition) is 2. The number of rotatable bonds is 4. The number of benzene rings is 1. The second-order valence-corrected chi connectivity index (χ2v) is 4.58. The largest absolute Gasteiger partial charge is 0.352 e. The number of amides is 1. The highest BCUT2D eigenvalue weighted by Gasteiger charge is 2.14. The molecule has 0 aromatic heterocycles. The molecule has 0 atom stereocenters. The fourth-order valence-electron chi connectivity index (χ4n) is 2.02. The Labute approximate surface area is 114 Å². The van der Waals surface area contributed by atoms with Gasteiger partial charge >= 0.3 is 0 Å². The van der Waals surface area contributed by atoms with Gasteiger partial charge in [0.05, 0.1) is 0 Å². The summed E-state index contributed by atoms with van der Waals surface area (Å²) < 4.78 is 38.8. The molecule has 0 spiro atoms. The molecule has 1 aromatic carbocycles. The molecule has 6 heteroatoms. The highest BCUT2D eigenvalue weighted by atomic mass is 19.2. The van der Waals surface area contributed by atoms with Crippen molar-refractivity contribution >= 4 is 5.91 Å². The quantitative estimate of drug-likeness (QED) is 0.657. The molecule has 0 bridgehead atoms. The lowest BCUT2D eigenvalue weighted by Gasteiger charge is -2.14. The first kappa shape index (κ1) is 14.6. The molecular formula is C14H15F3N2O. The van der Waals surface area contributed by atoms with Crippen LogP contribution in [-0.2, 0) is 0 Å². The van der Waals surface area contributed by atoms with Crippen LogP contribution in [0.2, 0.25) is 0 Å². The van der Waals surface area contributed by atoms with Crippen LogP contribution >= 0.6 is 0 Å². The molecule has 108 valence electrons. The van der Waals surface area contributed by atoms with Crippen molar-refractivity contribution in [1.82, 2.24) is 10.6 Å². The van der Waals surface area contributed by atoms with E-state index >= 15 is 0 Å². The summed E-state index contributed by atoms with van der Waals surface area (Å²) in [6, 6.07) is 1.38. The summed E-state index contributed by atoms with van der Waals surface area (Å²) in [5.74, 6) is -4.91. The van der Waals surface area contributed by atoms with E-state index in [-0.39, 0.29) is 5.56 Å². The lowest BCUT2D eigenvalue weighted by molar-refractivity contribution is 0.0953. The summed E-state index contributed by atoms with van der Waals surface area (Å²) in [6.07, 6.45) is 3.68. The standard InChI is InChI=1S/C14H15F3N2O/c15-11-7-10(8-12(16)13(11)17)14(20)19-6-3-9-1-4-18-5-2-9/h1,7-8,18H,2-6H2,(H,19,20). The molecule has 0 radical (unpaired) electrons. The van der Waals surface area contributed by atoms with Crippen LogP contribution < -0.4 is 10.6 Å². The van der Waals surface area contributed by atoms with Crippen LogP contribution in [0.25, 0.3) is 0 Å². The minimum atomic E-state index is -1.57. The van der Waals surface area contributed by atoms with E-state index in [1.54, 1.807) is 0 Å². The third kappa shape index (κ3) is 3.60. The zero-order valence-electron chi connectivity index (χ0n) is 10.8. The van der Waals surface area contributed by atoms with Crippen molar-refractivity contribution < 1.29 is 18.0 Å². The molecule has 1 heterocycles. The fourth-order valence-corrected chi connectivity index (χ4v) is 2.02. The molecule has 1 aliphatic heterocycles. The van der Waals surface area contributed by atoms with E-state index in [4.69, 9.17) is 0 Å². The van der Waals surface area contributed by atoms with Crippen molar-refractivity contribution in [3.8, 4) is 0 Å². The van der Waals surface area contributed by atoms with Gasteiger partial charge in [0.1, 0.15) is 0 Å². The molecule has 2 rings (SSSR count). The topological polar surface area (TPSA) is 41.1 Å². The van der Waals surface area contributed by atoms with Gasteiger partial charge < -0.3 is 10.6 Å². The Morgan fingerprint density at radius 2 is 1.95 bits per heavy atom. The Bertz CT molecular complexity index is 520. The second kappa shape index (κ2) is 6.56. The first-order chi connectivity index (χ1) is 9.58. The Balaban J connectivity index is 1.90. The molecule has 0 saturated carbocycles. The van der Waals surface area contributed by atoms with Crippen LogP contribution in [0.5, 0.6) is 0 Å². The SMILES string of the molecule is O=C(NCCC1=CCNCC1)c1cc(F)c(F)c(F)c1. The first-order valence-corrected chi connectivity index (χ1v) is 6.39. The first-order valence-electron chi connectivity index (χ1n) is 6.39. The zero-order chi connectivity index (χ0) is 14.5. The van der Waals surface area contributed by atoms with E-state index in [1.165, 1.54) is 5.57 Å². The van der Waals surface area contributed by atoms with Gasteiger partial charge in [0, 0.05) is 18.7 Å². The Hall–Kier alpha value is -1.82. The van der Waals surface area contributed by atoms with Gasteiger partial charge in [-0.1, -0.05) is 11.6 Å². The van der Waals surface area contributed by atoms with E-state index in [0.29, 0.717) is 25.1 Å². The summed E-state index contributed by atoms with van der Waals surface area (Å²) in [5.41, 5.74) is 1.02. The van der Waals surface area contributed by atoms with E-state index in [2.05, 4.69) is 16.7 Å². The van der Waals surface area contributed by atoms with E-state index < -0.39 is 23.4 Å². The number of carbonyl (C=O) groups excluding carboxylic acids is 1. The molecule has 0 fully saturated rings. The molecular weight excluding hydrogens is 269 g/mol. The van der Waals surface area contributed by atoms with Crippen molar-refractivity contribution in [1.29, 1.82) is 0 Å². The van der Waals surface area contributed by atoms with Crippen LogP contribution in [0.1, 0.15) is 23.2 Å². The summed E-state index contributed by atoms with van der Waals surface area (Å²) >= 11 is 0. The third-order valence-electron chi connectivity index (χ3n) is 3.14. The van der Waals surface area contributed by atoms with Gasteiger partial charge in [-0.3, -0.25) is 4.79 Å². The summed E-state index contributed by atoms with van der Waals surface area (Å²) in [7, 11) is 0. The zero-order valence-corrected chi connectivity index (χ0v) is 10.8. The lowest BCUT2D eigenvalue weighted by atomic mass is 10.1. The van der Waals surface area contributed by atoms with Crippen molar-refractivity contribution in [3.05, 3.63) is 46.8 Å². The minimum Gasteiger partial charge on any atom is -0.352 e. The van der Waals surface area contributed by atoms with Crippen LogP contribution in [-0.4, -0.2) is 25.5 Å². The maximum absolute atomic E-state index is 13.0. The number of nitrogens with one attached hydrogen (secondary N) is 2. The van der Waals surface area contributed by atoms with Gasteiger partial charge in [0.25, 0.3) is 5.91 Å². The van der Waals surface area contributed by atoms with Crippen LogP contribution in [0, 0.1) is 17.5 Å². The number of halogens is 3. The Kier molecular flexibility index (Phi) is 4.79. The van der Waals surface area contributed by atoms with E-state index in [1.807, 2.05) is 0 Å². The van der Waals surface area contributed by atoms with Gasteiger partial charge in [-0.05, 0) is 31.5 Å². The molecule has 1 aliphatic rings. The van der Waals surface area contributed by atoms with E-state index in [9.17, 15) is 18.0 Å². The number of carbonyl (C=O) groups is 1. The monoisotopic (exact) mass is 284 g/mol. The van der Waals surface area contributed by atoms with Crippen molar-refractivity contribution in [2.24, 2.45) is 0 Å². The molecule has 1 aromatic rings. The Morgan fingerprint density at radius 1 is 1.25 bits per heavy atom. The van der Waals surface area contributed by atoms with Gasteiger partial charge in [0.15, 0.2) is 17.5 Å². The van der Waals surface area contributed by atoms with Gasteiger partial charge in [-0.25, -0.2) is 13.2 Å². The highest BCUT2D eigenvalue weighted by molar-refractivity contribution is 5.94. The van der Waals surface area contributed by atoms with Crippen LogP contribution in [0.3, 0.4) is 0 Å². The van der Waals surface area contributed by atoms with Gasteiger partial charge in [-0.15, -0.1) is 0 Å². The molecule has 20 heavy (non-hydrogen) atoms. The van der Waals surface area contributed by atoms with Gasteiger partial charge in [0.2, 0.25) is 0 Å². The Morgan fingerprint density at radius 3 is 2.55 bits per heavy atom. The average Bonchev–Trinajstić information content (AvgIpc) is 2.45. The predicted molar refractivity (Wildman–Crippen MR) is 68.8 cm³/mol. The number of hydrogen-bond donors (Lipinski definition) is 2. The lowest BCUT2D eigenvalue weighted by Crippen LogP contribution is -2.27. The van der Waals surface area contributed by atoms with Crippen molar-refractivity contribution in [2.45, 2.75) is 12.8 Å². The van der Waals surface area contributed by atoms with Crippen molar-refractivity contribution in [2.75, 3.05) is 19.6 Å². The van der Waals surface area contributed by atoms with Gasteiger partial charge in [-0.2, -0.15) is 0 Å². The normalized spacial score (nSPS) is 14.8. The fraction of sp³-hybridized carbons (Fsp3) is 0.357. The molecule has 0 unspecified atom stereocenters. The summed E-state index contributed by atoms with van der Waals surface area (Å²) in [6.45, 7) is 2.11. The average molecular weight is 284 g/mol. The molecule has 2 N–H and O–H groups in total. The minimum absolute atomic E-state index is 0.222. The highest BCUT2D eigenvalue weighted by Crippen LogP contribution is 2.14. The van der Waals surface area contributed by atoms with E-state index in [0.717, 1.165) is 19.5 Å². The molecule has 1 amide bonds. The van der Waals surface area contributed by atoms with Crippen LogP contribution in [0.4, 0.5) is 13.2 Å². The predicted octanol–water partition coefficient (Wildman–Crippen LogP) is 2.14. The smallest absolute Gasteiger partial charge is 0.251 e. The molecule has 0 aliphatic carbocycles. The maximum atomic E-state index is 13.0. The summed E-state index contributed by atoms with van der Waals surface area (Å²) in [5, 5.41) is 5.74. The maximum Gasteiger partial charge on any atom is 0.251 e. The third-order valence-corrected chi connectivity index (χ3v) is 3.14. The molecule has 3 nitrogen and oxygen atoms in total. The molecule has 0 saturated heterocycles. The summed E-state index contributed by atoms with van der Waals surface area (Å²) in [4.78, 5) is 11.7.